The fourth-order valence-electron chi connectivity index (χ4n) is 0.724. The van der Waals surface area contributed by atoms with Crippen LogP contribution in [0.15, 0.2) is 16.7 Å². The standard InChI is InChI=1S/C9H5BrClNO2/c10-7-5-12-8(11)4-6(7)2-1-3-9(13)14/h4-5H,3H2,(H,13,14). The first-order valence-electron chi connectivity index (χ1n) is 3.61. The van der Waals surface area contributed by atoms with E-state index in [1.54, 1.807) is 6.07 Å². The number of pyridine rings is 1. The zero-order valence-corrected chi connectivity index (χ0v) is 9.26. The van der Waals surface area contributed by atoms with Crippen LogP contribution in [0.2, 0.25) is 5.15 Å². The molecule has 14 heavy (non-hydrogen) atoms. The van der Waals surface area contributed by atoms with E-state index in [1.165, 1.54) is 6.20 Å². The molecule has 0 radical (unpaired) electrons. The minimum absolute atomic E-state index is 0.188. The summed E-state index contributed by atoms with van der Waals surface area (Å²) in [6.07, 6.45) is 1.33. The smallest absolute Gasteiger partial charge is 0.315 e. The van der Waals surface area contributed by atoms with E-state index in [2.05, 4.69) is 32.8 Å². The van der Waals surface area contributed by atoms with Gasteiger partial charge in [0.1, 0.15) is 11.6 Å². The van der Waals surface area contributed by atoms with Crippen molar-refractivity contribution in [1.82, 2.24) is 4.98 Å². The first kappa shape index (κ1) is 11.0. The van der Waals surface area contributed by atoms with Crippen molar-refractivity contribution in [2.75, 3.05) is 0 Å². The molecule has 72 valence electrons. The molecule has 0 amide bonds. The van der Waals surface area contributed by atoms with Gasteiger partial charge in [0.05, 0.1) is 4.47 Å². The average molecular weight is 275 g/mol. The molecule has 1 aromatic rings. The average Bonchev–Trinajstić information content (AvgIpc) is 2.10. The summed E-state index contributed by atoms with van der Waals surface area (Å²) in [5.74, 6) is 4.24. The highest BCUT2D eigenvalue weighted by Gasteiger charge is 1.98. The Morgan fingerprint density at radius 3 is 3.07 bits per heavy atom. The van der Waals surface area contributed by atoms with Crippen LogP contribution in [-0.4, -0.2) is 16.1 Å². The molecule has 5 heteroatoms. The van der Waals surface area contributed by atoms with E-state index in [9.17, 15) is 4.79 Å². The van der Waals surface area contributed by atoms with E-state index < -0.39 is 5.97 Å². The zero-order chi connectivity index (χ0) is 10.6. The van der Waals surface area contributed by atoms with Crippen LogP contribution < -0.4 is 0 Å². The van der Waals surface area contributed by atoms with E-state index in [0.717, 1.165) is 0 Å². The number of carboxylic acid groups (broad SMARTS) is 1. The van der Waals surface area contributed by atoms with Gasteiger partial charge in [-0.05, 0) is 22.0 Å². The maximum Gasteiger partial charge on any atom is 0.315 e. The number of halogens is 2. The summed E-state index contributed by atoms with van der Waals surface area (Å²) in [6, 6.07) is 1.57. The topological polar surface area (TPSA) is 50.2 Å². The molecule has 1 N–H and O–H groups in total. The Bertz CT molecular complexity index is 423. The lowest BCUT2D eigenvalue weighted by molar-refractivity contribution is -0.135. The van der Waals surface area contributed by atoms with Crippen LogP contribution in [0.5, 0.6) is 0 Å². The number of carboxylic acids is 1. The molecule has 0 aliphatic heterocycles. The second-order valence-corrected chi connectivity index (χ2v) is 3.60. The molecular weight excluding hydrogens is 269 g/mol. The van der Waals surface area contributed by atoms with Crippen LogP contribution in [0, 0.1) is 11.8 Å². The predicted octanol–water partition coefficient (Wildman–Crippen LogP) is 2.32. The van der Waals surface area contributed by atoms with Crippen molar-refractivity contribution < 1.29 is 9.90 Å². The normalized spacial score (nSPS) is 9.00. The van der Waals surface area contributed by atoms with Gasteiger partial charge in [0, 0.05) is 11.8 Å². The maximum absolute atomic E-state index is 10.2. The number of hydrogen-bond donors (Lipinski definition) is 1. The van der Waals surface area contributed by atoms with E-state index in [4.69, 9.17) is 16.7 Å². The van der Waals surface area contributed by atoms with Crippen LogP contribution in [-0.2, 0) is 4.79 Å². The molecule has 0 bridgehead atoms. The zero-order valence-electron chi connectivity index (χ0n) is 6.92. The molecule has 0 saturated carbocycles. The first-order chi connectivity index (χ1) is 6.59. The summed E-state index contributed by atoms with van der Waals surface area (Å²) in [7, 11) is 0. The summed E-state index contributed by atoms with van der Waals surface area (Å²) >= 11 is 8.87. The van der Waals surface area contributed by atoms with Crippen molar-refractivity contribution in [3.63, 3.8) is 0 Å². The van der Waals surface area contributed by atoms with Crippen molar-refractivity contribution >= 4 is 33.5 Å². The number of rotatable bonds is 1. The van der Waals surface area contributed by atoms with Gasteiger partial charge < -0.3 is 5.11 Å². The predicted molar refractivity (Wildman–Crippen MR) is 56.1 cm³/mol. The first-order valence-corrected chi connectivity index (χ1v) is 4.78. The summed E-state index contributed by atoms with van der Waals surface area (Å²) in [6.45, 7) is 0. The van der Waals surface area contributed by atoms with Gasteiger partial charge in [0.15, 0.2) is 0 Å². The summed E-state index contributed by atoms with van der Waals surface area (Å²) < 4.78 is 0.694. The van der Waals surface area contributed by atoms with Gasteiger partial charge in [-0.2, -0.15) is 0 Å². The van der Waals surface area contributed by atoms with Crippen LogP contribution >= 0.6 is 27.5 Å². The van der Waals surface area contributed by atoms with Crippen molar-refractivity contribution in [3.8, 4) is 11.8 Å². The highest BCUT2D eigenvalue weighted by Crippen LogP contribution is 2.17. The Kier molecular flexibility index (Phi) is 3.93. The van der Waals surface area contributed by atoms with E-state index in [0.29, 0.717) is 15.2 Å². The molecule has 0 spiro atoms. The Balaban J connectivity index is 2.88. The third kappa shape index (κ3) is 3.36. The Hall–Kier alpha value is -1.05. The monoisotopic (exact) mass is 273 g/mol. The van der Waals surface area contributed by atoms with Gasteiger partial charge in [-0.25, -0.2) is 4.98 Å². The molecule has 1 aromatic heterocycles. The summed E-state index contributed by atoms with van der Waals surface area (Å²) in [5, 5.41) is 8.69. The fraction of sp³-hybridized carbons (Fsp3) is 0.111. The quantitative estimate of drug-likeness (QED) is 0.631. The van der Waals surface area contributed by atoms with Gasteiger partial charge in [-0.15, -0.1) is 0 Å². The fourth-order valence-corrected chi connectivity index (χ4v) is 1.20. The number of carbonyl (C=O) groups is 1. The van der Waals surface area contributed by atoms with Crippen LogP contribution in [0.4, 0.5) is 0 Å². The lowest BCUT2D eigenvalue weighted by Crippen LogP contribution is -1.90. The molecule has 0 atom stereocenters. The number of aromatic nitrogens is 1. The van der Waals surface area contributed by atoms with Gasteiger partial charge >= 0.3 is 5.97 Å². The Morgan fingerprint density at radius 1 is 1.71 bits per heavy atom. The van der Waals surface area contributed by atoms with Crippen LogP contribution in [0.3, 0.4) is 0 Å². The molecule has 0 aromatic carbocycles. The van der Waals surface area contributed by atoms with Crippen molar-refractivity contribution in [3.05, 3.63) is 27.5 Å². The van der Waals surface area contributed by atoms with Crippen LogP contribution in [0.1, 0.15) is 12.0 Å². The maximum atomic E-state index is 10.2. The molecule has 0 fully saturated rings. The highest BCUT2D eigenvalue weighted by molar-refractivity contribution is 9.10. The van der Waals surface area contributed by atoms with Crippen LogP contribution in [0.25, 0.3) is 0 Å². The minimum atomic E-state index is -0.950. The molecule has 3 nitrogen and oxygen atoms in total. The second-order valence-electron chi connectivity index (χ2n) is 2.36. The summed E-state index contributed by atoms with van der Waals surface area (Å²) in [4.78, 5) is 14.0. The third-order valence-corrected chi connectivity index (χ3v) is 2.12. The largest absolute Gasteiger partial charge is 0.481 e. The number of nitrogens with zero attached hydrogens (tertiary/aromatic N) is 1. The molecule has 0 aliphatic rings. The van der Waals surface area contributed by atoms with E-state index in [1.807, 2.05) is 0 Å². The Morgan fingerprint density at radius 2 is 2.43 bits per heavy atom. The van der Waals surface area contributed by atoms with E-state index >= 15 is 0 Å². The Labute approximate surface area is 94.2 Å². The van der Waals surface area contributed by atoms with Gasteiger partial charge in [-0.3, -0.25) is 4.79 Å². The summed E-state index contributed by atoms with van der Waals surface area (Å²) in [5.41, 5.74) is 0.631. The second kappa shape index (κ2) is 4.99. The van der Waals surface area contributed by atoms with Gasteiger partial charge in [-0.1, -0.05) is 23.4 Å². The van der Waals surface area contributed by atoms with Crippen molar-refractivity contribution in [2.45, 2.75) is 6.42 Å². The highest BCUT2D eigenvalue weighted by atomic mass is 79.9. The lowest BCUT2D eigenvalue weighted by Gasteiger charge is -1.94. The lowest BCUT2D eigenvalue weighted by atomic mass is 10.2. The van der Waals surface area contributed by atoms with Crippen molar-refractivity contribution in [1.29, 1.82) is 0 Å². The molecular formula is C9H5BrClNO2. The minimum Gasteiger partial charge on any atom is -0.481 e. The number of aliphatic carboxylic acids is 1. The molecule has 0 aliphatic carbocycles. The van der Waals surface area contributed by atoms with Gasteiger partial charge in [0.25, 0.3) is 0 Å². The number of hydrogen-bond acceptors (Lipinski definition) is 2. The molecule has 1 rings (SSSR count). The van der Waals surface area contributed by atoms with E-state index in [-0.39, 0.29) is 6.42 Å². The molecule has 0 saturated heterocycles. The van der Waals surface area contributed by atoms with Gasteiger partial charge in [0.2, 0.25) is 0 Å². The molecule has 0 unspecified atom stereocenters. The molecule has 1 heterocycles. The van der Waals surface area contributed by atoms with Crippen molar-refractivity contribution in [2.24, 2.45) is 0 Å². The SMILES string of the molecule is O=C(O)CC#Cc1cc(Cl)ncc1Br. The third-order valence-electron chi connectivity index (χ3n) is 1.28.